The molecule has 1 N–H and O–H groups in total. The average molecular weight is 292 g/mol. The van der Waals surface area contributed by atoms with Gasteiger partial charge in [-0.3, -0.25) is 10.1 Å². The van der Waals surface area contributed by atoms with Crippen molar-refractivity contribution in [2.75, 3.05) is 6.54 Å². The van der Waals surface area contributed by atoms with Crippen LogP contribution in [-0.2, 0) is 4.79 Å². The van der Waals surface area contributed by atoms with E-state index in [-0.39, 0.29) is 29.3 Å². The van der Waals surface area contributed by atoms with Crippen molar-refractivity contribution in [3.8, 4) is 0 Å². The molecule has 0 spiro atoms. The molecule has 1 amide bonds. The second-order valence-corrected chi connectivity index (χ2v) is 7.10. The van der Waals surface area contributed by atoms with E-state index in [1.807, 2.05) is 11.8 Å². The van der Waals surface area contributed by atoms with Crippen LogP contribution < -0.4 is 5.32 Å². The number of nitrogens with one attached hydrogen (secondary N) is 1. The molecule has 1 aliphatic heterocycles. The normalized spacial score (nSPS) is 24.5. The van der Waals surface area contributed by atoms with Gasteiger partial charge in [0.2, 0.25) is 5.91 Å². The first-order valence-corrected chi connectivity index (χ1v) is 7.52. The number of benzene rings is 1. The minimum Gasteiger partial charge on any atom is -0.321 e. The smallest absolute Gasteiger partial charge is 0.241 e. The fourth-order valence-corrected chi connectivity index (χ4v) is 2.46. The second kappa shape index (κ2) is 5.76. The molecular weight excluding hydrogens is 267 g/mol. The fraction of sp³-hybridized carbons (Fsp3) is 0.588. The van der Waals surface area contributed by atoms with Crippen LogP contribution >= 0.6 is 0 Å². The average Bonchev–Trinajstić information content (AvgIpc) is 2.67. The predicted molar refractivity (Wildman–Crippen MR) is 82.1 cm³/mol. The van der Waals surface area contributed by atoms with Gasteiger partial charge in [-0.15, -0.1) is 0 Å². The van der Waals surface area contributed by atoms with Gasteiger partial charge in [-0.25, -0.2) is 4.39 Å². The molecule has 1 aliphatic rings. The van der Waals surface area contributed by atoms with Gasteiger partial charge in [-0.2, -0.15) is 0 Å². The number of nitrogens with zero attached hydrogens (tertiary/aromatic N) is 1. The Morgan fingerprint density at radius 2 is 1.86 bits per heavy atom. The first-order chi connectivity index (χ1) is 9.70. The lowest BCUT2D eigenvalue weighted by atomic mass is 9.81. The number of carbonyl (C=O) groups excluding carboxylic acids is 1. The molecule has 3 atom stereocenters. The predicted octanol–water partition coefficient (Wildman–Crippen LogP) is 3.33. The van der Waals surface area contributed by atoms with E-state index in [1.165, 1.54) is 12.1 Å². The summed E-state index contributed by atoms with van der Waals surface area (Å²) >= 11 is 0. The van der Waals surface area contributed by atoms with Crippen molar-refractivity contribution in [3.05, 3.63) is 35.6 Å². The van der Waals surface area contributed by atoms with Crippen LogP contribution in [0.5, 0.6) is 0 Å². The maximum absolute atomic E-state index is 13.1. The standard InChI is InChI=1S/C17H25FN2O/c1-11(17(3,4)5)10-20-15(19-12(2)16(20)21)13-6-8-14(18)9-7-13/h6-9,11-12,15,19H,10H2,1-5H3. The van der Waals surface area contributed by atoms with Gasteiger partial charge in [0.25, 0.3) is 0 Å². The highest BCUT2D eigenvalue weighted by Crippen LogP contribution is 2.31. The lowest BCUT2D eigenvalue weighted by Gasteiger charge is -2.33. The zero-order chi connectivity index (χ0) is 15.8. The van der Waals surface area contributed by atoms with Crippen molar-refractivity contribution >= 4 is 5.91 Å². The molecule has 0 saturated carbocycles. The topological polar surface area (TPSA) is 32.3 Å². The first kappa shape index (κ1) is 16.0. The molecule has 0 radical (unpaired) electrons. The van der Waals surface area contributed by atoms with Gasteiger partial charge in [0.05, 0.1) is 6.04 Å². The molecule has 0 bridgehead atoms. The van der Waals surface area contributed by atoms with Crippen LogP contribution in [0.2, 0.25) is 0 Å². The third-order valence-electron chi connectivity index (χ3n) is 4.51. The SMILES string of the molecule is CC1NC(c2ccc(F)cc2)N(CC(C)C(C)(C)C)C1=O. The summed E-state index contributed by atoms with van der Waals surface area (Å²) in [5.74, 6) is 0.225. The molecule has 0 aliphatic carbocycles. The van der Waals surface area contributed by atoms with Gasteiger partial charge in [0, 0.05) is 6.54 Å². The van der Waals surface area contributed by atoms with Gasteiger partial charge in [-0.05, 0) is 36.0 Å². The van der Waals surface area contributed by atoms with E-state index in [0.717, 1.165) is 5.56 Å². The van der Waals surface area contributed by atoms with Crippen molar-refractivity contribution < 1.29 is 9.18 Å². The molecule has 21 heavy (non-hydrogen) atoms. The van der Waals surface area contributed by atoms with Crippen molar-refractivity contribution in [3.63, 3.8) is 0 Å². The van der Waals surface area contributed by atoms with Gasteiger partial charge < -0.3 is 4.90 Å². The summed E-state index contributed by atoms with van der Waals surface area (Å²) in [6.07, 6.45) is -0.169. The quantitative estimate of drug-likeness (QED) is 0.927. The van der Waals surface area contributed by atoms with Crippen molar-refractivity contribution in [2.24, 2.45) is 11.3 Å². The Kier molecular flexibility index (Phi) is 4.38. The Hall–Kier alpha value is -1.42. The molecule has 2 rings (SSSR count). The summed E-state index contributed by atoms with van der Waals surface area (Å²) in [5, 5.41) is 3.30. The number of rotatable bonds is 3. The highest BCUT2D eigenvalue weighted by Gasteiger charge is 2.38. The molecule has 116 valence electrons. The molecule has 3 unspecified atom stereocenters. The van der Waals surface area contributed by atoms with Crippen LogP contribution in [0, 0.1) is 17.2 Å². The maximum Gasteiger partial charge on any atom is 0.241 e. The highest BCUT2D eigenvalue weighted by molar-refractivity contribution is 5.84. The van der Waals surface area contributed by atoms with E-state index >= 15 is 0 Å². The minimum atomic E-state index is -0.259. The minimum absolute atomic E-state index is 0.112. The summed E-state index contributed by atoms with van der Waals surface area (Å²) in [4.78, 5) is 14.3. The molecule has 1 fully saturated rings. The zero-order valence-corrected chi connectivity index (χ0v) is 13.5. The number of hydrogen-bond acceptors (Lipinski definition) is 2. The highest BCUT2D eigenvalue weighted by atomic mass is 19.1. The zero-order valence-electron chi connectivity index (χ0n) is 13.5. The Morgan fingerprint density at radius 1 is 1.29 bits per heavy atom. The van der Waals surface area contributed by atoms with Gasteiger partial charge in [0.1, 0.15) is 12.0 Å². The number of halogens is 1. The Bertz CT molecular complexity index is 507. The van der Waals surface area contributed by atoms with Gasteiger partial charge in [0.15, 0.2) is 0 Å². The largest absolute Gasteiger partial charge is 0.321 e. The summed E-state index contributed by atoms with van der Waals surface area (Å²) in [7, 11) is 0. The van der Waals surface area contributed by atoms with Crippen LogP contribution in [-0.4, -0.2) is 23.4 Å². The number of carbonyl (C=O) groups is 1. The fourth-order valence-electron chi connectivity index (χ4n) is 2.46. The monoisotopic (exact) mass is 292 g/mol. The lowest BCUT2D eigenvalue weighted by molar-refractivity contribution is -0.130. The van der Waals surface area contributed by atoms with E-state index in [9.17, 15) is 9.18 Å². The van der Waals surface area contributed by atoms with Crippen molar-refractivity contribution in [1.29, 1.82) is 0 Å². The number of amides is 1. The Labute approximate surface area is 126 Å². The second-order valence-electron chi connectivity index (χ2n) is 7.10. The molecule has 3 nitrogen and oxygen atoms in total. The number of hydrogen-bond donors (Lipinski definition) is 1. The summed E-state index contributed by atoms with van der Waals surface area (Å²) < 4.78 is 13.1. The van der Waals surface area contributed by atoms with Gasteiger partial charge in [-0.1, -0.05) is 39.8 Å². The van der Waals surface area contributed by atoms with E-state index in [1.54, 1.807) is 12.1 Å². The van der Waals surface area contributed by atoms with Gasteiger partial charge >= 0.3 is 0 Å². The Morgan fingerprint density at radius 3 is 2.38 bits per heavy atom. The maximum atomic E-state index is 13.1. The summed E-state index contributed by atoms with van der Waals surface area (Å²) in [6.45, 7) is 11.3. The van der Waals surface area contributed by atoms with Crippen molar-refractivity contribution in [2.45, 2.75) is 46.8 Å². The summed E-state index contributed by atoms with van der Waals surface area (Å²) in [6, 6.07) is 6.17. The van der Waals surface area contributed by atoms with Crippen LogP contribution in [0.15, 0.2) is 24.3 Å². The Balaban J connectivity index is 2.23. The molecule has 1 aromatic rings. The molecule has 1 aromatic carbocycles. The third-order valence-corrected chi connectivity index (χ3v) is 4.51. The first-order valence-electron chi connectivity index (χ1n) is 7.52. The molecule has 0 aromatic heterocycles. The van der Waals surface area contributed by atoms with Crippen LogP contribution in [0.25, 0.3) is 0 Å². The molecule has 1 saturated heterocycles. The van der Waals surface area contributed by atoms with Crippen LogP contribution in [0.4, 0.5) is 4.39 Å². The molecule has 1 heterocycles. The third kappa shape index (κ3) is 3.43. The lowest BCUT2D eigenvalue weighted by Crippen LogP contribution is -2.38. The van der Waals surface area contributed by atoms with E-state index in [4.69, 9.17) is 0 Å². The molecular formula is C17H25FN2O. The van der Waals surface area contributed by atoms with Crippen LogP contribution in [0.1, 0.15) is 46.3 Å². The molecule has 4 heteroatoms. The van der Waals surface area contributed by atoms with Crippen molar-refractivity contribution in [1.82, 2.24) is 10.2 Å². The van der Waals surface area contributed by atoms with Crippen LogP contribution in [0.3, 0.4) is 0 Å². The summed E-state index contributed by atoms with van der Waals surface area (Å²) in [5.41, 5.74) is 1.06. The van der Waals surface area contributed by atoms with E-state index in [2.05, 4.69) is 33.0 Å². The van der Waals surface area contributed by atoms with E-state index < -0.39 is 0 Å². The van der Waals surface area contributed by atoms with E-state index in [0.29, 0.717) is 12.5 Å².